The zero-order valence-electron chi connectivity index (χ0n) is 8.37. The monoisotopic (exact) mass is 248 g/mol. The van der Waals surface area contributed by atoms with Crippen LogP contribution in [0.1, 0.15) is 12.5 Å². The lowest BCUT2D eigenvalue weighted by Crippen LogP contribution is -2.37. The Bertz CT molecular complexity index is 329. The van der Waals surface area contributed by atoms with Crippen LogP contribution in [0.5, 0.6) is 0 Å². The summed E-state index contributed by atoms with van der Waals surface area (Å²) in [4.78, 5) is 11.1. The van der Waals surface area contributed by atoms with Gasteiger partial charge >= 0.3 is 0 Å². The predicted molar refractivity (Wildman–Crippen MR) is 64.2 cm³/mol. The summed E-state index contributed by atoms with van der Waals surface area (Å²) >= 11 is 5.79. The fourth-order valence-corrected chi connectivity index (χ4v) is 1.21. The van der Waals surface area contributed by atoms with Crippen LogP contribution in [0.4, 0.5) is 0 Å². The van der Waals surface area contributed by atoms with Crippen LogP contribution in [0.2, 0.25) is 5.02 Å². The number of halogens is 2. The number of hydrogen-bond acceptors (Lipinski definition) is 2. The first-order chi connectivity index (χ1) is 6.59. The van der Waals surface area contributed by atoms with Gasteiger partial charge in [0.25, 0.3) is 0 Å². The molecule has 0 saturated heterocycles. The zero-order chi connectivity index (χ0) is 10.6. The Morgan fingerprint density at radius 3 is 2.80 bits per heavy atom. The van der Waals surface area contributed by atoms with Crippen LogP contribution in [0.25, 0.3) is 0 Å². The maximum Gasteiger partial charge on any atom is 0.236 e. The Morgan fingerprint density at radius 2 is 2.27 bits per heavy atom. The molecular formula is C10H14Cl2N2O. The SMILES string of the molecule is C[C@@H](N)C(=O)NCc1cccc(Cl)c1.Cl. The van der Waals surface area contributed by atoms with E-state index in [0.717, 1.165) is 5.56 Å². The van der Waals surface area contributed by atoms with Crippen molar-refractivity contribution >= 4 is 29.9 Å². The minimum Gasteiger partial charge on any atom is -0.351 e. The van der Waals surface area contributed by atoms with Crippen LogP contribution in [0, 0.1) is 0 Å². The summed E-state index contributed by atoms with van der Waals surface area (Å²) in [5.41, 5.74) is 6.36. The number of benzene rings is 1. The van der Waals surface area contributed by atoms with Crippen molar-refractivity contribution in [2.24, 2.45) is 5.73 Å². The van der Waals surface area contributed by atoms with Crippen molar-refractivity contribution in [3.63, 3.8) is 0 Å². The molecule has 1 aromatic carbocycles. The smallest absolute Gasteiger partial charge is 0.236 e. The number of carbonyl (C=O) groups is 1. The summed E-state index contributed by atoms with van der Waals surface area (Å²) < 4.78 is 0. The average Bonchev–Trinajstić information content (AvgIpc) is 2.14. The van der Waals surface area contributed by atoms with Crippen molar-refractivity contribution in [3.05, 3.63) is 34.9 Å². The van der Waals surface area contributed by atoms with E-state index in [1.807, 2.05) is 18.2 Å². The van der Waals surface area contributed by atoms with E-state index in [1.165, 1.54) is 0 Å². The van der Waals surface area contributed by atoms with Crippen molar-refractivity contribution < 1.29 is 4.79 Å². The minimum atomic E-state index is -0.478. The molecule has 0 bridgehead atoms. The molecular weight excluding hydrogens is 235 g/mol. The molecule has 0 unspecified atom stereocenters. The van der Waals surface area contributed by atoms with Crippen LogP contribution in [-0.4, -0.2) is 11.9 Å². The quantitative estimate of drug-likeness (QED) is 0.857. The molecule has 0 aliphatic rings. The van der Waals surface area contributed by atoms with Gasteiger partial charge in [-0.3, -0.25) is 4.79 Å². The summed E-state index contributed by atoms with van der Waals surface area (Å²) in [5.74, 6) is -0.162. The lowest BCUT2D eigenvalue weighted by Gasteiger charge is -2.07. The summed E-state index contributed by atoms with van der Waals surface area (Å²) in [6.07, 6.45) is 0. The molecule has 0 aliphatic carbocycles. The van der Waals surface area contributed by atoms with Gasteiger partial charge in [-0.25, -0.2) is 0 Å². The van der Waals surface area contributed by atoms with Gasteiger partial charge in [-0.05, 0) is 24.6 Å². The highest BCUT2D eigenvalue weighted by Crippen LogP contribution is 2.10. The first-order valence-electron chi connectivity index (χ1n) is 4.37. The van der Waals surface area contributed by atoms with Gasteiger partial charge in [-0.1, -0.05) is 23.7 Å². The largest absolute Gasteiger partial charge is 0.351 e. The van der Waals surface area contributed by atoms with Gasteiger partial charge in [0.2, 0.25) is 5.91 Å². The molecule has 1 amide bonds. The third-order valence-electron chi connectivity index (χ3n) is 1.77. The molecule has 0 radical (unpaired) electrons. The van der Waals surface area contributed by atoms with E-state index >= 15 is 0 Å². The first kappa shape index (κ1) is 14.2. The Morgan fingerprint density at radius 1 is 1.60 bits per heavy atom. The Hall–Kier alpha value is -0.770. The van der Waals surface area contributed by atoms with Crippen molar-refractivity contribution in [3.8, 4) is 0 Å². The second-order valence-corrected chi connectivity index (χ2v) is 3.57. The number of rotatable bonds is 3. The number of nitrogens with one attached hydrogen (secondary N) is 1. The van der Waals surface area contributed by atoms with Crippen molar-refractivity contribution in [1.82, 2.24) is 5.32 Å². The fraction of sp³-hybridized carbons (Fsp3) is 0.300. The molecule has 3 nitrogen and oxygen atoms in total. The van der Waals surface area contributed by atoms with Gasteiger partial charge < -0.3 is 11.1 Å². The normalized spacial score (nSPS) is 11.4. The van der Waals surface area contributed by atoms with Gasteiger partial charge in [-0.15, -0.1) is 12.4 Å². The molecule has 3 N–H and O–H groups in total. The van der Waals surface area contributed by atoms with E-state index in [1.54, 1.807) is 13.0 Å². The minimum absolute atomic E-state index is 0. The summed E-state index contributed by atoms with van der Waals surface area (Å²) in [5, 5.41) is 3.37. The van der Waals surface area contributed by atoms with Crippen LogP contribution in [-0.2, 0) is 11.3 Å². The number of amides is 1. The molecule has 15 heavy (non-hydrogen) atoms. The molecule has 0 heterocycles. The van der Waals surface area contributed by atoms with E-state index in [0.29, 0.717) is 11.6 Å². The highest BCUT2D eigenvalue weighted by molar-refractivity contribution is 6.30. The van der Waals surface area contributed by atoms with Crippen LogP contribution in [0.3, 0.4) is 0 Å². The summed E-state index contributed by atoms with van der Waals surface area (Å²) in [6, 6.07) is 6.86. The summed E-state index contributed by atoms with van der Waals surface area (Å²) in [6.45, 7) is 2.11. The van der Waals surface area contributed by atoms with Gasteiger partial charge in [-0.2, -0.15) is 0 Å². The summed E-state index contributed by atoms with van der Waals surface area (Å²) in [7, 11) is 0. The number of carbonyl (C=O) groups excluding carboxylic acids is 1. The first-order valence-corrected chi connectivity index (χ1v) is 4.75. The molecule has 0 saturated carbocycles. The van der Waals surface area contributed by atoms with E-state index in [2.05, 4.69) is 5.32 Å². The average molecular weight is 249 g/mol. The van der Waals surface area contributed by atoms with Gasteiger partial charge in [0.15, 0.2) is 0 Å². The molecule has 84 valence electrons. The van der Waals surface area contributed by atoms with E-state index < -0.39 is 6.04 Å². The highest BCUT2D eigenvalue weighted by atomic mass is 35.5. The van der Waals surface area contributed by atoms with Crippen LogP contribution in [0.15, 0.2) is 24.3 Å². The lowest BCUT2D eigenvalue weighted by atomic mass is 10.2. The second kappa shape index (κ2) is 6.67. The number of hydrogen-bond donors (Lipinski definition) is 2. The van der Waals surface area contributed by atoms with Gasteiger partial charge in [0, 0.05) is 11.6 Å². The topological polar surface area (TPSA) is 55.1 Å². The molecule has 0 aromatic heterocycles. The molecule has 1 rings (SSSR count). The standard InChI is InChI=1S/C10H13ClN2O.ClH/c1-7(12)10(14)13-6-8-3-2-4-9(11)5-8;/h2-5,7H,6,12H2,1H3,(H,13,14);1H/t7-;/m1./s1. The third kappa shape index (κ3) is 5.02. The zero-order valence-corrected chi connectivity index (χ0v) is 9.94. The third-order valence-corrected chi connectivity index (χ3v) is 2.00. The van der Waals surface area contributed by atoms with Gasteiger partial charge in [0.1, 0.15) is 0 Å². The van der Waals surface area contributed by atoms with Crippen LogP contribution < -0.4 is 11.1 Å². The second-order valence-electron chi connectivity index (χ2n) is 3.14. The van der Waals surface area contributed by atoms with E-state index in [9.17, 15) is 4.79 Å². The maximum atomic E-state index is 11.1. The molecule has 1 aromatic rings. The lowest BCUT2D eigenvalue weighted by molar-refractivity contribution is -0.122. The van der Waals surface area contributed by atoms with E-state index in [-0.39, 0.29) is 18.3 Å². The van der Waals surface area contributed by atoms with Gasteiger partial charge in [0.05, 0.1) is 6.04 Å². The molecule has 0 aliphatic heterocycles. The highest BCUT2D eigenvalue weighted by Gasteiger charge is 2.05. The molecule has 5 heteroatoms. The van der Waals surface area contributed by atoms with Crippen molar-refractivity contribution in [1.29, 1.82) is 0 Å². The molecule has 0 spiro atoms. The Labute approximate surface area is 100 Å². The maximum absolute atomic E-state index is 11.1. The fourth-order valence-electron chi connectivity index (χ4n) is 0.997. The Balaban J connectivity index is 0.00000196. The number of nitrogens with two attached hydrogens (primary N) is 1. The predicted octanol–water partition coefficient (Wildman–Crippen LogP) is 1.73. The van der Waals surface area contributed by atoms with E-state index in [4.69, 9.17) is 17.3 Å². The Kier molecular flexibility index (Phi) is 6.32. The van der Waals surface area contributed by atoms with Crippen molar-refractivity contribution in [2.45, 2.75) is 19.5 Å². The molecule has 0 fully saturated rings. The van der Waals surface area contributed by atoms with Crippen LogP contribution >= 0.6 is 24.0 Å². The molecule has 1 atom stereocenters. The van der Waals surface area contributed by atoms with Crippen molar-refractivity contribution in [2.75, 3.05) is 0 Å².